The van der Waals surface area contributed by atoms with Crippen LogP contribution in [0.3, 0.4) is 0 Å². The molecule has 21 heavy (non-hydrogen) atoms. The Balaban J connectivity index is 0. The molecule has 0 aliphatic carbocycles. The highest BCUT2D eigenvalue weighted by Gasteiger charge is 1.92. The van der Waals surface area contributed by atoms with Gasteiger partial charge in [0.25, 0.3) is 5.97 Å². The number of rotatable bonds is 13. The van der Waals surface area contributed by atoms with E-state index in [1.165, 1.54) is 83.3 Å². The van der Waals surface area contributed by atoms with Crippen molar-refractivity contribution in [1.82, 2.24) is 0 Å². The SMILES string of the molecule is CC(=O)O.CCCCCCCCCCCCCCC=CO. The zero-order valence-corrected chi connectivity index (χ0v) is 14.1. The van der Waals surface area contributed by atoms with E-state index in [1.807, 2.05) is 6.08 Å². The summed E-state index contributed by atoms with van der Waals surface area (Å²) < 4.78 is 0. The van der Waals surface area contributed by atoms with Gasteiger partial charge in [0.05, 0.1) is 6.26 Å². The first-order valence-corrected chi connectivity index (χ1v) is 8.63. The largest absolute Gasteiger partial charge is 0.516 e. The number of carboxylic acids is 1. The van der Waals surface area contributed by atoms with Gasteiger partial charge in [-0.2, -0.15) is 0 Å². The molecule has 0 radical (unpaired) electrons. The van der Waals surface area contributed by atoms with E-state index in [1.54, 1.807) is 0 Å². The van der Waals surface area contributed by atoms with Crippen molar-refractivity contribution in [3.8, 4) is 0 Å². The molecule has 0 aromatic heterocycles. The second-order valence-electron chi connectivity index (χ2n) is 5.58. The molecule has 0 aliphatic heterocycles. The van der Waals surface area contributed by atoms with Crippen LogP contribution in [0, 0.1) is 0 Å². The first-order valence-electron chi connectivity index (χ1n) is 8.63. The molecule has 0 heterocycles. The number of aliphatic carboxylic acids is 1. The molecule has 3 nitrogen and oxygen atoms in total. The number of aliphatic hydroxyl groups is 1. The number of unbranched alkanes of at least 4 members (excludes halogenated alkanes) is 12. The number of hydrogen-bond donors (Lipinski definition) is 2. The van der Waals surface area contributed by atoms with E-state index in [9.17, 15) is 0 Å². The smallest absolute Gasteiger partial charge is 0.300 e. The summed E-state index contributed by atoms with van der Waals surface area (Å²) in [5, 5.41) is 15.9. The topological polar surface area (TPSA) is 57.5 Å². The van der Waals surface area contributed by atoms with Gasteiger partial charge in [-0.25, -0.2) is 0 Å². The number of hydrogen-bond acceptors (Lipinski definition) is 2. The van der Waals surface area contributed by atoms with Crippen molar-refractivity contribution < 1.29 is 15.0 Å². The zero-order chi connectivity index (χ0) is 16.2. The third kappa shape index (κ3) is 32.5. The second-order valence-corrected chi connectivity index (χ2v) is 5.58. The molecular weight excluding hydrogens is 264 g/mol. The van der Waals surface area contributed by atoms with Gasteiger partial charge in [-0.3, -0.25) is 4.79 Å². The van der Waals surface area contributed by atoms with Crippen LogP contribution >= 0.6 is 0 Å². The fourth-order valence-electron chi connectivity index (χ4n) is 2.18. The summed E-state index contributed by atoms with van der Waals surface area (Å²) in [6, 6.07) is 0. The van der Waals surface area contributed by atoms with Crippen LogP contribution in [-0.4, -0.2) is 16.2 Å². The highest BCUT2D eigenvalue weighted by Crippen LogP contribution is 2.12. The fourth-order valence-corrected chi connectivity index (χ4v) is 2.18. The highest BCUT2D eigenvalue weighted by atomic mass is 16.4. The molecule has 0 aromatic rings. The Bertz CT molecular complexity index is 221. The molecule has 0 aromatic carbocycles. The normalized spacial score (nSPS) is 10.4. The van der Waals surface area contributed by atoms with Gasteiger partial charge < -0.3 is 10.2 Å². The van der Waals surface area contributed by atoms with E-state index in [0.717, 1.165) is 13.3 Å². The van der Waals surface area contributed by atoms with Gasteiger partial charge in [0.2, 0.25) is 0 Å². The summed E-state index contributed by atoms with van der Waals surface area (Å²) in [6.45, 7) is 3.36. The predicted octanol–water partition coefficient (Wildman–Crippen LogP) is 6.24. The highest BCUT2D eigenvalue weighted by molar-refractivity contribution is 5.62. The van der Waals surface area contributed by atoms with Crippen molar-refractivity contribution in [3.63, 3.8) is 0 Å². The average Bonchev–Trinajstić information content (AvgIpc) is 2.43. The molecule has 126 valence electrons. The van der Waals surface area contributed by atoms with Gasteiger partial charge in [-0.05, 0) is 12.8 Å². The van der Waals surface area contributed by atoms with E-state index < -0.39 is 5.97 Å². The second kappa shape index (κ2) is 21.3. The van der Waals surface area contributed by atoms with Crippen molar-refractivity contribution in [2.24, 2.45) is 0 Å². The Hall–Kier alpha value is -0.990. The Morgan fingerprint density at radius 1 is 0.810 bits per heavy atom. The van der Waals surface area contributed by atoms with E-state index >= 15 is 0 Å². The Morgan fingerprint density at radius 2 is 1.14 bits per heavy atom. The van der Waals surface area contributed by atoms with Crippen LogP contribution < -0.4 is 0 Å². The molecular formula is C18H36O3. The summed E-state index contributed by atoms with van der Waals surface area (Å²) in [6.07, 6.45) is 20.8. The van der Waals surface area contributed by atoms with Gasteiger partial charge in [-0.1, -0.05) is 83.6 Å². The Morgan fingerprint density at radius 3 is 1.48 bits per heavy atom. The third-order valence-electron chi connectivity index (χ3n) is 3.33. The minimum Gasteiger partial charge on any atom is -0.516 e. The number of allylic oxidation sites excluding steroid dienone is 1. The van der Waals surface area contributed by atoms with Crippen LogP contribution in [0.4, 0.5) is 0 Å². The molecule has 0 saturated heterocycles. The van der Waals surface area contributed by atoms with Crippen molar-refractivity contribution in [2.75, 3.05) is 0 Å². The lowest BCUT2D eigenvalue weighted by Crippen LogP contribution is -1.82. The molecule has 2 N–H and O–H groups in total. The summed E-state index contributed by atoms with van der Waals surface area (Å²) in [5.74, 6) is -0.833. The van der Waals surface area contributed by atoms with Crippen LogP contribution in [-0.2, 0) is 4.79 Å². The van der Waals surface area contributed by atoms with E-state index in [2.05, 4.69) is 6.92 Å². The molecule has 0 saturated carbocycles. The molecule has 0 amide bonds. The zero-order valence-electron chi connectivity index (χ0n) is 14.1. The van der Waals surface area contributed by atoms with Crippen LogP contribution in [0.5, 0.6) is 0 Å². The molecule has 0 spiro atoms. The van der Waals surface area contributed by atoms with Crippen LogP contribution in [0.15, 0.2) is 12.3 Å². The first kappa shape index (κ1) is 22.3. The van der Waals surface area contributed by atoms with E-state index in [-0.39, 0.29) is 0 Å². The maximum atomic E-state index is 9.00. The minimum atomic E-state index is -0.833. The lowest BCUT2D eigenvalue weighted by molar-refractivity contribution is -0.134. The number of carbonyl (C=O) groups is 1. The standard InChI is InChI=1S/C16H32O.C2H4O2/c1-2-3-4-5-6-7-8-9-10-11-12-13-14-15-16-17;1-2(3)4/h15-17H,2-14H2,1H3;1H3,(H,3,4). The van der Waals surface area contributed by atoms with Crippen LogP contribution in [0.1, 0.15) is 97.3 Å². The van der Waals surface area contributed by atoms with Gasteiger partial charge in [-0.15, -0.1) is 0 Å². The quantitative estimate of drug-likeness (QED) is 0.312. The molecule has 3 heteroatoms. The summed E-state index contributed by atoms with van der Waals surface area (Å²) >= 11 is 0. The molecule has 0 unspecified atom stereocenters. The average molecular weight is 300 g/mol. The lowest BCUT2D eigenvalue weighted by Gasteiger charge is -2.02. The van der Waals surface area contributed by atoms with Crippen molar-refractivity contribution in [1.29, 1.82) is 0 Å². The number of carboxylic acid groups (broad SMARTS) is 1. The fraction of sp³-hybridized carbons (Fsp3) is 0.833. The van der Waals surface area contributed by atoms with Crippen molar-refractivity contribution >= 4 is 5.97 Å². The molecule has 0 bridgehead atoms. The number of aliphatic hydroxyl groups excluding tert-OH is 1. The van der Waals surface area contributed by atoms with Crippen LogP contribution in [0.25, 0.3) is 0 Å². The summed E-state index contributed by atoms with van der Waals surface area (Å²) in [4.78, 5) is 9.00. The minimum absolute atomic E-state index is 0.833. The predicted molar refractivity (Wildman–Crippen MR) is 90.8 cm³/mol. The molecule has 0 rings (SSSR count). The van der Waals surface area contributed by atoms with E-state index in [4.69, 9.17) is 15.0 Å². The van der Waals surface area contributed by atoms with Gasteiger partial charge in [0.1, 0.15) is 0 Å². The molecule has 0 aliphatic rings. The van der Waals surface area contributed by atoms with Gasteiger partial charge in [0.15, 0.2) is 0 Å². The Kier molecular flexibility index (Phi) is 22.6. The first-order chi connectivity index (χ1) is 10.1. The molecule has 0 fully saturated rings. The van der Waals surface area contributed by atoms with Crippen LogP contribution in [0.2, 0.25) is 0 Å². The lowest BCUT2D eigenvalue weighted by atomic mass is 10.0. The molecule has 0 atom stereocenters. The van der Waals surface area contributed by atoms with E-state index in [0.29, 0.717) is 0 Å². The maximum Gasteiger partial charge on any atom is 0.300 e. The Labute approximate surface area is 131 Å². The van der Waals surface area contributed by atoms with Gasteiger partial charge in [0, 0.05) is 6.92 Å². The van der Waals surface area contributed by atoms with Crippen molar-refractivity contribution in [2.45, 2.75) is 97.3 Å². The van der Waals surface area contributed by atoms with Gasteiger partial charge >= 0.3 is 0 Å². The summed E-state index contributed by atoms with van der Waals surface area (Å²) in [7, 11) is 0. The van der Waals surface area contributed by atoms with Crippen molar-refractivity contribution in [3.05, 3.63) is 12.3 Å². The third-order valence-corrected chi connectivity index (χ3v) is 3.33. The maximum absolute atomic E-state index is 9.00. The summed E-state index contributed by atoms with van der Waals surface area (Å²) in [5.41, 5.74) is 0. The monoisotopic (exact) mass is 300 g/mol.